The lowest BCUT2D eigenvalue weighted by Gasteiger charge is -2.28. The van der Waals surface area contributed by atoms with E-state index in [0.717, 1.165) is 6.42 Å². The van der Waals surface area contributed by atoms with Crippen molar-refractivity contribution in [3.05, 3.63) is 12.2 Å². The Morgan fingerprint density at radius 3 is 1.64 bits per heavy atom. The molecule has 0 aromatic rings. The summed E-state index contributed by atoms with van der Waals surface area (Å²) in [7, 11) is 0. The van der Waals surface area contributed by atoms with Gasteiger partial charge in [-0.15, -0.1) is 0 Å². The van der Waals surface area contributed by atoms with Gasteiger partial charge in [0.15, 0.2) is 0 Å². The minimum absolute atomic E-state index is 0.000317. The molecule has 0 rings (SSSR count). The number of hydrogen-bond acceptors (Lipinski definition) is 4. The molecular weight excluding hydrogens is 418 g/mol. The van der Waals surface area contributed by atoms with Crippen LogP contribution in [0.25, 0.3) is 0 Å². The second-order valence-corrected chi connectivity index (χ2v) is 10.7. The van der Waals surface area contributed by atoms with Crippen molar-refractivity contribution in [3.63, 3.8) is 0 Å². The normalized spacial score (nSPS) is 15.8. The number of nitrogens with one attached hydrogen (secondary N) is 3. The molecule has 0 aromatic carbocycles. The van der Waals surface area contributed by atoms with Crippen LogP contribution < -0.4 is 16.0 Å². The zero-order chi connectivity index (χ0) is 25.8. The predicted molar refractivity (Wildman–Crippen MR) is 135 cm³/mol. The summed E-state index contributed by atoms with van der Waals surface area (Å²) in [6.07, 6.45) is 4.84. The first-order valence-electron chi connectivity index (χ1n) is 12.4. The average Bonchev–Trinajstić information content (AvgIpc) is 2.70. The molecule has 2 unspecified atom stereocenters. The Bertz CT molecular complexity index is 638. The third-order valence-electron chi connectivity index (χ3n) is 6.17. The molecule has 7 nitrogen and oxygen atoms in total. The Morgan fingerprint density at radius 1 is 0.758 bits per heavy atom. The maximum atomic E-state index is 12.7. The van der Waals surface area contributed by atoms with Crippen molar-refractivity contribution in [3.8, 4) is 0 Å². The summed E-state index contributed by atoms with van der Waals surface area (Å²) in [5, 5.41) is 8.62. The van der Waals surface area contributed by atoms with Crippen molar-refractivity contribution in [1.82, 2.24) is 16.0 Å². The second-order valence-electron chi connectivity index (χ2n) is 10.7. The standard InChI is InChI=1S/C26H49N3O4/c1-17(2)19(5)21(7)23(30)27-15-13-11-12-14-16-28-24(31)22(20(6)18(3)4)29-25(32)33-26(8,9)10/h11-12,17-22H,13-16H2,1-10H3,(H,27,30)(H,28,31)(H,29,32)/b12-11-/t19?,20?,21-,22-/m0/s1. The molecule has 0 fully saturated rings. The summed E-state index contributed by atoms with van der Waals surface area (Å²) in [4.78, 5) is 37.1. The number of rotatable bonds is 13. The van der Waals surface area contributed by atoms with Gasteiger partial charge in [0.2, 0.25) is 11.8 Å². The van der Waals surface area contributed by atoms with Gasteiger partial charge in [0, 0.05) is 19.0 Å². The minimum Gasteiger partial charge on any atom is -0.444 e. The van der Waals surface area contributed by atoms with Crippen LogP contribution in [0.4, 0.5) is 4.79 Å². The maximum absolute atomic E-state index is 12.7. The number of carbonyl (C=O) groups is 3. The van der Waals surface area contributed by atoms with Crippen LogP contribution in [-0.2, 0) is 14.3 Å². The Labute approximate surface area is 201 Å². The van der Waals surface area contributed by atoms with Gasteiger partial charge >= 0.3 is 6.09 Å². The van der Waals surface area contributed by atoms with Crippen LogP contribution in [0.3, 0.4) is 0 Å². The number of amides is 3. The van der Waals surface area contributed by atoms with Crippen molar-refractivity contribution in [2.24, 2.45) is 29.6 Å². The van der Waals surface area contributed by atoms with Gasteiger partial charge in [-0.2, -0.15) is 0 Å². The first kappa shape index (κ1) is 30.9. The van der Waals surface area contributed by atoms with Crippen LogP contribution in [0.5, 0.6) is 0 Å². The van der Waals surface area contributed by atoms with Gasteiger partial charge < -0.3 is 20.7 Å². The predicted octanol–water partition coefficient (Wildman–Crippen LogP) is 4.67. The highest BCUT2D eigenvalue weighted by molar-refractivity contribution is 5.86. The smallest absolute Gasteiger partial charge is 0.408 e. The largest absolute Gasteiger partial charge is 0.444 e. The highest BCUT2D eigenvalue weighted by Gasteiger charge is 2.30. The fourth-order valence-corrected chi connectivity index (χ4v) is 3.14. The van der Waals surface area contributed by atoms with Crippen LogP contribution in [0, 0.1) is 29.6 Å². The fourth-order valence-electron chi connectivity index (χ4n) is 3.14. The molecule has 3 amide bonds. The van der Waals surface area contributed by atoms with E-state index in [0.29, 0.717) is 31.3 Å². The molecule has 0 radical (unpaired) electrons. The lowest BCUT2D eigenvalue weighted by molar-refractivity contribution is -0.126. The monoisotopic (exact) mass is 467 g/mol. The van der Waals surface area contributed by atoms with Gasteiger partial charge in [-0.25, -0.2) is 4.79 Å². The zero-order valence-electron chi connectivity index (χ0n) is 22.6. The summed E-state index contributed by atoms with van der Waals surface area (Å²) in [6.45, 7) is 20.8. The molecule has 7 heteroatoms. The van der Waals surface area contributed by atoms with Gasteiger partial charge in [0.05, 0.1) is 0 Å². The van der Waals surface area contributed by atoms with Crippen molar-refractivity contribution >= 4 is 17.9 Å². The van der Waals surface area contributed by atoms with Crippen molar-refractivity contribution in [1.29, 1.82) is 0 Å². The topological polar surface area (TPSA) is 96.5 Å². The van der Waals surface area contributed by atoms with E-state index in [-0.39, 0.29) is 29.6 Å². The molecule has 0 heterocycles. The van der Waals surface area contributed by atoms with Crippen LogP contribution in [0.15, 0.2) is 12.2 Å². The minimum atomic E-state index is -0.658. The van der Waals surface area contributed by atoms with Crippen LogP contribution >= 0.6 is 0 Å². The molecule has 0 spiro atoms. The number of alkyl carbamates (subject to hydrolysis) is 1. The lowest BCUT2D eigenvalue weighted by Crippen LogP contribution is -2.52. The molecule has 0 saturated heterocycles. The summed E-state index contributed by atoms with van der Waals surface area (Å²) in [5.41, 5.74) is -0.624. The van der Waals surface area contributed by atoms with Gasteiger partial charge in [-0.1, -0.05) is 60.6 Å². The van der Waals surface area contributed by atoms with Crippen LogP contribution in [-0.4, -0.2) is 42.6 Å². The Morgan fingerprint density at radius 2 is 1.21 bits per heavy atom. The van der Waals surface area contributed by atoms with Crippen LogP contribution in [0.1, 0.15) is 82.1 Å². The highest BCUT2D eigenvalue weighted by Crippen LogP contribution is 2.20. The van der Waals surface area contributed by atoms with E-state index in [4.69, 9.17) is 4.74 Å². The molecule has 0 aliphatic rings. The van der Waals surface area contributed by atoms with Crippen LogP contribution in [0.2, 0.25) is 0 Å². The third-order valence-corrected chi connectivity index (χ3v) is 6.17. The van der Waals surface area contributed by atoms with E-state index in [1.807, 2.05) is 39.8 Å². The first-order valence-corrected chi connectivity index (χ1v) is 12.4. The van der Waals surface area contributed by atoms with Crippen molar-refractivity contribution in [2.75, 3.05) is 13.1 Å². The zero-order valence-corrected chi connectivity index (χ0v) is 22.6. The van der Waals surface area contributed by atoms with E-state index < -0.39 is 17.7 Å². The SMILES string of the molecule is CC(C)C(C)[C@H](C)C(=O)NCC/C=C\CCNC(=O)[C@@H](NC(=O)OC(C)(C)C)C(C)C(C)C. The Hall–Kier alpha value is -2.05. The van der Waals surface area contributed by atoms with Gasteiger partial charge in [-0.3, -0.25) is 9.59 Å². The van der Waals surface area contributed by atoms with Gasteiger partial charge in [0.25, 0.3) is 0 Å². The Balaban J connectivity index is 4.44. The third kappa shape index (κ3) is 13.3. The number of carbonyl (C=O) groups excluding carboxylic acids is 3. The number of hydrogen-bond donors (Lipinski definition) is 3. The fraction of sp³-hybridized carbons (Fsp3) is 0.808. The molecule has 4 atom stereocenters. The van der Waals surface area contributed by atoms with Gasteiger partial charge in [-0.05, 0) is 57.3 Å². The summed E-state index contributed by atoms with van der Waals surface area (Å²) in [5.74, 6) is 0.879. The molecule has 0 aliphatic heterocycles. The van der Waals surface area contributed by atoms with Crippen molar-refractivity contribution < 1.29 is 19.1 Å². The summed E-state index contributed by atoms with van der Waals surface area (Å²) >= 11 is 0. The molecule has 33 heavy (non-hydrogen) atoms. The Kier molecular flexibility index (Phi) is 14.0. The molecule has 192 valence electrons. The van der Waals surface area contributed by atoms with Gasteiger partial charge in [0.1, 0.15) is 11.6 Å². The molecule has 0 aliphatic carbocycles. The summed E-state index contributed by atoms with van der Waals surface area (Å²) < 4.78 is 5.31. The lowest BCUT2D eigenvalue weighted by atomic mass is 9.85. The maximum Gasteiger partial charge on any atom is 0.408 e. The number of ether oxygens (including phenoxy) is 1. The van der Waals surface area contributed by atoms with E-state index in [9.17, 15) is 14.4 Å². The summed E-state index contributed by atoms with van der Waals surface area (Å²) in [6, 6.07) is -0.658. The quantitative estimate of drug-likeness (QED) is 0.271. The molecule has 0 saturated carbocycles. The molecule has 0 aromatic heterocycles. The molecular formula is C26H49N3O4. The average molecular weight is 468 g/mol. The van der Waals surface area contributed by atoms with Crippen molar-refractivity contribution in [2.45, 2.75) is 93.7 Å². The molecule has 0 bridgehead atoms. The molecule has 3 N–H and O–H groups in total. The first-order chi connectivity index (χ1) is 15.2. The van der Waals surface area contributed by atoms with E-state index in [1.165, 1.54) is 0 Å². The van der Waals surface area contributed by atoms with E-state index in [2.05, 4.69) is 36.7 Å². The second kappa shape index (κ2) is 15.0. The van der Waals surface area contributed by atoms with E-state index in [1.54, 1.807) is 20.8 Å². The van der Waals surface area contributed by atoms with E-state index >= 15 is 0 Å². The highest BCUT2D eigenvalue weighted by atomic mass is 16.6.